The third-order valence-corrected chi connectivity index (χ3v) is 33.9. The van der Waals surface area contributed by atoms with E-state index >= 15 is 0 Å². The van der Waals surface area contributed by atoms with Gasteiger partial charge in [-0.3, -0.25) is 12.2 Å². The molecular weight excluding hydrogens is 1430 g/mol. The summed E-state index contributed by atoms with van der Waals surface area (Å²) in [6, 6.07) is 73.4. The maximum atomic E-state index is 3.74. The molecule has 10 aromatic carbocycles. The van der Waals surface area contributed by atoms with Gasteiger partial charge in [0.2, 0.25) is 0 Å². The average molecular weight is 1540 g/mol. The zero-order valence-electron chi connectivity index (χ0n) is 60.7. The summed E-state index contributed by atoms with van der Waals surface area (Å²) in [7, 11) is -7.15. The predicted molar refractivity (Wildman–Crippen MR) is 422 cm³/mol. The molecule has 0 fully saturated rings. The van der Waals surface area contributed by atoms with Crippen LogP contribution in [0.15, 0.2) is 239 Å². The van der Waals surface area contributed by atoms with Crippen LogP contribution < -0.4 is 24.8 Å². The summed E-state index contributed by atoms with van der Waals surface area (Å²) < 4.78 is 2.83. The van der Waals surface area contributed by atoms with Crippen LogP contribution in [0.2, 0.25) is 129 Å². The molecule has 0 amide bonds. The van der Waals surface area contributed by atoms with E-state index in [1.807, 2.05) is 10.4 Å². The van der Waals surface area contributed by atoms with Crippen molar-refractivity contribution in [1.29, 1.82) is 0 Å². The van der Waals surface area contributed by atoms with Gasteiger partial charge in [0.15, 0.2) is 0 Å². The Labute approximate surface area is 617 Å². The molecule has 0 nitrogen and oxygen atoms in total. The van der Waals surface area contributed by atoms with Crippen LogP contribution in [0, 0.1) is 39.8 Å². The minimum absolute atomic E-state index is 0. The molecule has 0 aliphatic heterocycles. The molecule has 0 N–H and O–H groups in total. The number of benzene rings is 8. The SMILES string of the molecule is C[Si](C)(C)C1=C([Si](C)(C)C)C([Si](C)(C)C)[C-]=C1.C[Si](C)(C)C1=C([Si](C)(C)C)C([Si](C)(C)C)[C-]=C1.Cc1ccc2c(c1)[cH-]c1cc(C)ccc12.Cc1ccc2c(c1)[cH-]c1cc(C)ccc12.[Cl-].[Cl-].[Zr+2]=[C](c1ccccc1)c1ccccc1.[Zr+2]=[C](c1ccccc1)c1ccccc1. The predicted octanol–water partition coefficient (Wildman–Crippen LogP) is 18.5. The Morgan fingerprint density at radius 2 is 0.521 bits per heavy atom. The van der Waals surface area contributed by atoms with E-state index in [1.165, 1.54) is 142 Å². The molecular formula is C84H104Cl2Si6Zr2-2. The standard InChI is InChI=1S/2C15H13.2C14H29Si3.2C13H10.2ClH.2Zr/c2*1-10-3-5-14-12(7-10)9-13-8-11(2)4-6-15(13)14;2*1-15(2,3)12-10-11-13(16(4,5)6)14(12)17(7,8)9;2*1-3-7-12(8-4-1)11-13-9-5-2-6-10-13;;;;/h2*3-9H,1-2H3;2*10,13H,1-9H3;2*1-10H;2*1H;;/q4*-1;;;;;2*+2/p-2. The van der Waals surface area contributed by atoms with Crippen molar-refractivity contribution in [3.63, 3.8) is 0 Å². The van der Waals surface area contributed by atoms with Gasteiger partial charge in [-0.05, 0) is 43.8 Å². The Kier molecular flexibility index (Phi) is 29.2. The van der Waals surface area contributed by atoms with Gasteiger partial charge in [-0.25, -0.2) is 22.5 Å². The second kappa shape index (κ2) is 34.1. The summed E-state index contributed by atoms with van der Waals surface area (Å²) in [6.07, 6.45) is 12.2. The molecule has 0 saturated heterocycles. The first-order valence-electron chi connectivity index (χ1n) is 33.1. The maximum absolute atomic E-state index is 3.74. The summed E-state index contributed by atoms with van der Waals surface area (Å²) in [5, 5.41) is 18.1. The topological polar surface area (TPSA) is 0 Å². The monoisotopic (exact) mass is 1530 g/mol. The first-order valence-corrected chi connectivity index (χ1v) is 56.7. The number of aryl methyl sites for hydroxylation is 4. The molecule has 0 heterocycles. The van der Waals surface area contributed by atoms with Crippen LogP contribution in [-0.4, -0.2) is 54.9 Å². The van der Waals surface area contributed by atoms with Crippen molar-refractivity contribution >= 4 is 97.9 Å². The van der Waals surface area contributed by atoms with E-state index in [4.69, 9.17) is 0 Å². The third-order valence-electron chi connectivity index (χ3n) is 17.2. The van der Waals surface area contributed by atoms with E-state index in [1.54, 1.807) is 10.4 Å². The molecule has 10 aromatic rings. The van der Waals surface area contributed by atoms with Crippen molar-refractivity contribution < 1.29 is 73.3 Å². The van der Waals surface area contributed by atoms with Gasteiger partial charge in [-0.1, -0.05) is 189 Å². The van der Waals surface area contributed by atoms with Crippen molar-refractivity contribution in [3.05, 3.63) is 296 Å². The molecule has 0 bridgehead atoms. The van der Waals surface area contributed by atoms with Crippen molar-refractivity contribution in [2.75, 3.05) is 0 Å². The molecule has 12 rings (SSSR count). The van der Waals surface area contributed by atoms with Crippen molar-refractivity contribution in [1.82, 2.24) is 0 Å². The molecule has 2 atom stereocenters. The molecule has 2 aliphatic carbocycles. The van der Waals surface area contributed by atoms with E-state index in [-0.39, 0.29) is 24.8 Å². The summed E-state index contributed by atoms with van der Waals surface area (Å²) in [5.41, 5.74) is 12.0. The summed E-state index contributed by atoms with van der Waals surface area (Å²) in [4.78, 5) is 0. The van der Waals surface area contributed by atoms with Gasteiger partial charge in [0.05, 0.1) is 16.1 Å². The van der Waals surface area contributed by atoms with E-state index in [9.17, 15) is 0 Å². The zero-order chi connectivity index (χ0) is 67.7. The number of hydrogen-bond acceptors (Lipinski definition) is 0. The zero-order valence-corrected chi connectivity index (χ0v) is 73.1. The number of allylic oxidation sites excluding steroid dienone is 8. The molecule has 0 spiro atoms. The minimum atomic E-state index is -1.21. The van der Waals surface area contributed by atoms with Crippen LogP contribution in [-0.2, 0) is 48.5 Å². The quantitative estimate of drug-likeness (QED) is 0.0946. The molecule has 0 saturated carbocycles. The number of fused-ring (bicyclic) bond motifs is 6. The molecule has 10 heteroatoms. The summed E-state index contributed by atoms with van der Waals surface area (Å²) >= 11 is 2.92. The van der Waals surface area contributed by atoms with Gasteiger partial charge in [0.25, 0.3) is 0 Å². The van der Waals surface area contributed by atoms with Crippen molar-refractivity contribution in [2.45, 2.75) is 157 Å². The Morgan fingerprint density at radius 3 is 0.702 bits per heavy atom. The number of rotatable bonds is 10. The van der Waals surface area contributed by atoms with Gasteiger partial charge in [0.1, 0.15) is 0 Å². The Morgan fingerprint density at radius 1 is 0.309 bits per heavy atom. The number of halogens is 2. The Balaban J connectivity index is 0.000000204. The fourth-order valence-corrected chi connectivity index (χ4v) is 34.0. The number of hydrogen-bond donors (Lipinski definition) is 0. The van der Waals surface area contributed by atoms with Crippen molar-refractivity contribution in [3.8, 4) is 0 Å². The Hall–Kier alpha value is -4.15. The van der Waals surface area contributed by atoms with Crippen LogP contribution in [0.1, 0.15) is 44.5 Å². The van der Waals surface area contributed by atoms with Crippen LogP contribution in [0.4, 0.5) is 0 Å². The average Bonchev–Trinajstić information content (AvgIpc) is 1.63. The van der Waals surface area contributed by atoms with E-state index < -0.39 is 48.4 Å². The van der Waals surface area contributed by atoms with E-state index in [0.717, 1.165) is 0 Å². The fourth-order valence-electron chi connectivity index (χ4n) is 12.5. The molecule has 2 aliphatic rings. The van der Waals surface area contributed by atoms with Gasteiger partial charge >= 0.3 is 198 Å². The Bertz CT molecular complexity index is 3810. The van der Waals surface area contributed by atoms with Crippen molar-refractivity contribution in [2.24, 2.45) is 0 Å². The van der Waals surface area contributed by atoms with Gasteiger partial charge in [-0.15, -0.1) is 90.6 Å². The van der Waals surface area contributed by atoms with E-state index in [0.29, 0.717) is 11.1 Å². The molecule has 488 valence electrons. The first kappa shape index (κ1) is 80.5. The molecule has 0 aromatic heterocycles. The van der Waals surface area contributed by atoms with Gasteiger partial charge in [0, 0.05) is 16.1 Å². The molecule has 0 radical (unpaired) electrons. The second-order valence-corrected chi connectivity index (χ2v) is 65.0. The fraction of sp³-hybridized carbons (Fsp3) is 0.286. The molecule has 2 unspecified atom stereocenters. The van der Waals surface area contributed by atoms with Gasteiger partial charge < -0.3 is 24.8 Å². The first-order chi connectivity index (χ1) is 42.9. The van der Waals surface area contributed by atoms with Crippen LogP contribution in [0.3, 0.4) is 0 Å². The third kappa shape index (κ3) is 21.9. The van der Waals surface area contributed by atoms with E-state index in [2.05, 4.69) is 376 Å². The summed E-state index contributed by atoms with van der Waals surface area (Å²) in [6.45, 7) is 53.5. The van der Waals surface area contributed by atoms with Crippen LogP contribution in [0.5, 0.6) is 0 Å². The van der Waals surface area contributed by atoms with Gasteiger partial charge in [-0.2, -0.15) is 10.4 Å². The van der Waals surface area contributed by atoms with Crippen LogP contribution >= 0.6 is 0 Å². The van der Waals surface area contributed by atoms with Crippen LogP contribution in [0.25, 0.3) is 43.1 Å². The second-order valence-electron chi connectivity index (χ2n) is 31.7. The molecule has 94 heavy (non-hydrogen) atoms. The normalized spacial score (nSPS) is 14.7. The summed E-state index contributed by atoms with van der Waals surface area (Å²) in [5.74, 6) is 0.